The van der Waals surface area contributed by atoms with E-state index in [4.69, 9.17) is 9.26 Å². The fourth-order valence-corrected chi connectivity index (χ4v) is 3.46. The minimum absolute atomic E-state index is 0.349. The molecule has 0 saturated heterocycles. The molecule has 0 saturated carbocycles. The van der Waals surface area contributed by atoms with Crippen LogP contribution < -0.4 is 10.1 Å². The number of aryl methyl sites for hydroxylation is 1. The van der Waals surface area contributed by atoms with Crippen LogP contribution in [0.4, 0.5) is 5.69 Å². The van der Waals surface area contributed by atoms with E-state index in [9.17, 15) is 15.3 Å². The molecule has 37 heavy (non-hydrogen) atoms. The molecule has 0 fully saturated rings. The van der Waals surface area contributed by atoms with Crippen LogP contribution in [-0.4, -0.2) is 53.2 Å². The minimum atomic E-state index is -0.367. The average molecular weight is 494 g/mol. The maximum Gasteiger partial charge on any atom is 0.255 e. The summed E-state index contributed by atoms with van der Waals surface area (Å²) < 4.78 is 10.7. The number of likely N-dealkylation sites (N-methyl/N-ethyl adjacent to an activating group) is 1. The van der Waals surface area contributed by atoms with E-state index < -0.39 is 0 Å². The number of hydrogen-bond donors (Lipinski definition) is 1. The quantitative estimate of drug-likeness (QED) is 0.385. The highest BCUT2D eigenvalue weighted by Crippen LogP contribution is 2.27. The third-order valence-corrected chi connectivity index (χ3v) is 5.38. The third kappa shape index (κ3) is 5.96. The first kappa shape index (κ1) is 25.0. The number of carbonyl (C=O) groups is 1. The molecule has 4 rings (SSSR count). The average Bonchev–Trinajstić information content (AvgIpc) is 3.34. The van der Waals surface area contributed by atoms with Crippen molar-refractivity contribution in [3.63, 3.8) is 0 Å². The number of ether oxygens (including phenoxy) is 1. The van der Waals surface area contributed by atoms with Crippen LogP contribution in [0.15, 0.2) is 59.3 Å². The smallest absolute Gasteiger partial charge is 0.255 e. The van der Waals surface area contributed by atoms with Crippen LogP contribution in [0.1, 0.15) is 27.4 Å². The predicted molar refractivity (Wildman–Crippen MR) is 136 cm³/mol. The van der Waals surface area contributed by atoms with Gasteiger partial charge in [-0.3, -0.25) is 9.78 Å². The van der Waals surface area contributed by atoms with Gasteiger partial charge in [-0.2, -0.15) is 15.5 Å². The van der Waals surface area contributed by atoms with Gasteiger partial charge in [0.1, 0.15) is 18.4 Å². The SMILES string of the molecule is Cc1nc(-c2ccc(-c3ccc(NC(=O)c4ccc(C#N)c(OCCN(C)C)c4)cn3)c(C#N)c2)no1. The zero-order chi connectivity index (χ0) is 26.4. The number of hydrogen-bond acceptors (Lipinski definition) is 9. The summed E-state index contributed by atoms with van der Waals surface area (Å²) in [6.45, 7) is 2.76. The van der Waals surface area contributed by atoms with Crippen LogP contribution in [0.2, 0.25) is 0 Å². The predicted octanol–water partition coefficient (Wildman–Crippen LogP) is 4.04. The molecule has 0 radical (unpaired) electrons. The van der Waals surface area contributed by atoms with Crippen molar-refractivity contribution in [2.75, 3.05) is 32.6 Å². The van der Waals surface area contributed by atoms with Crippen molar-refractivity contribution in [3.8, 4) is 40.5 Å². The standard InChI is InChI=1S/C27H23N7O3/c1-17-31-26(33-37-17)18-6-8-23(21(12-18)15-29)24-9-7-22(16-30-24)32-27(35)19-4-5-20(14-28)25(13-19)36-11-10-34(2)3/h4-9,12-13,16H,10-11H2,1-3H3,(H,32,35). The van der Waals surface area contributed by atoms with Gasteiger partial charge in [-0.1, -0.05) is 17.3 Å². The molecule has 2 heterocycles. The summed E-state index contributed by atoms with van der Waals surface area (Å²) >= 11 is 0. The molecule has 4 aromatic rings. The number of carbonyl (C=O) groups excluding carboxylic acids is 1. The molecule has 2 aromatic carbocycles. The molecule has 2 aromatic heterocycles. The number of nitrogens with zero attached hydrogens (tertiary/aromatic N) is 6. The Morgan fingerprint density at radius 1 is 1.08 bits per heavy atom. The van der Waals surface area contributed by atoms with Gasteiger partial charge in [-0.15, -0.1) is 0 Å². The molecule has 0 aliphatic rings. The lowest BCUT2D eigenvalue weighted by Crippen LogP contribution is -2.20. The minimum Gasteiger partial charge on any atom is -0.491 e. The molecular weight excluding hydrogens is 470 g/mol. The molecule has 0 spiro atoms. The van der Waals surface area contributed by atoms with Crippen molar-refractivity contribution in [2.24, 2.45) is 0 Å². The highest BCUT2D eigenvalue weighted by Gasteiger charge is 2.14. The molecule has 0 unspecified atom stereocenters. The fourth-order valence-electron chi connectivity index (χ4n) is 3.46. The van der Waals surface area contributed by atoms with E-state index in [1.807, 2.05) is 19.0 Å². The largest absolute Gasteiger partial charge is 0.491 e. The molecule has 1 N–H and O–H groups in total. The Bertz CT molecular complexity index is 1510. The van der Waals surface area contributed by atoms with E-state index in [0.717, 1.165) is 0 Å². The molecule has 184 valence electrons. The molecule has 0 aliphatic heterocycles. The number of amides is 1. The molecule has 0 bridgehead atoms. The lowest BCUT2D eigenvalue weighted by atomic mass is 10.0. The van der Waals surface area contributed by atoms with Crippen molar-refractivity contribution in [3.05, 3.63) is 77.3 Å². The van der Waals surface area contributed by atoms with E-state index in [0.29, 0.717) is 69.8 Å². The van der Waals surface area contributed by atoms with Crippen molar-refractivity contribution in [2.45, 2.75) is 6.92 Å². The van der Waals surface area contributed by atoms with Crippen molar-refractivity contribution in [1.29, 1.82) is 10.5 Å². The van der Waals surface area contributed by atoms with E-state index in [1.165, 1.54) is 6.20 Å². The Morgan fingerprint density at radius 3 is 2.54 bits per heavy atom. The van der Waals surface area contributed by atoms with E-state index in [1.54, 1.807) is 55.5 Å². The van der Waals surface area contributed by atoms with E-state index in [2.05, 4.69) is 32.6 Å². The number of nitrogens with one attached hydrogen (secondary N) is 1. The number of pyridine rings is 1. The van der Waals surface area contributed by atoms with Gasteiger partial charge in [-0.25, -0.2) is 0 Å². The lowest BCUT2D eigenvalue weighted by molar-refractivity contribution is 0.102. The van der Waals surface area contributed by atoms with Gasteiger partial charge in [-0.05, 0) is 50.5 Å². The highest BCUT2D eigenvalue weighted by atomic mass is 16.5. The van der Waals surface area contributed by atoms with E-state index >= 15 is 0 Å². The fraction of sp³-hybridized carbons (Fsp3) is 0.185. The topological polar surface area (TPSA) is 141 Å². The van der Waals surface area contributed by atoms with Gasteiger partial charge in [0.05, 0.1) is 34.8 Å². The summed E-state index contributed by atoms with van der Waals surface area (Å²) in [5, 5.41) is 25.7. The monoisotopic (exact) mass is 493 g/mol. The summed E-state index contributed by atoms with van der Waals surface area (Å²) in [7, 11) is 3.84. The van der Waals surface area contributed by atoms with Crippen LogP contribution >= 0.6 is 0 Å². The first-order valence-electron chi connectivity index (χ1n) is 11.3. The Balaban J connectivity index is 1.49. The third-order valence-electron chi connectivity index (χ3n) is 5.38. The van der Waals surface area contributed by atoms with Crippen LogP contribution in [-0.2, 0) is 0 Å². The van der Waals surface area contributed by atoms with Gasteiger partial charge in [0, 0.05) is 30.2 Å². The second-order valence-corrected chi connectivity index (χ2v) is 8.37. The van der Waals surface area contributed by atoms with Crippen molar-refractivity contribution >= 4 is 11.6 Å². The Labute approximate surface area is 213 Å². The van der Waals surface area contributed by atoms with Crippen molar-refractivity contribution < 1.29 is 14.1 Å². The molecular formula is C27H23N7O3. The van der Waals surface area contributed by atoms with E-state index in [-0.39, 0.29) is 5.91 Å². The van der Waals surface area contributed by atoms with Gasteiger partial charge < -0.3 is 19.5 Å². The second-order valence-electron chi connectivity index (χ2n) is 8.37. The summed E-state index contributed by atoms with van der Waals surface area (Å²) in [4.78, 5) is 23.4. The van der Waals surface area contributed by atoms with Gasteiger partial charge in [0.2, 0.25) is 11.7 Å². The van der Waals surface area contributed by atoms with Crippen LogP contribution in [0.25, 0.3) is 22.6 Å². The summed E-state index contributed by atoms with van der Waals surface area (Å²) in [5.74, 6) is 0.828. The van der Waals surface area contributed by atoms with Crippen molar-refractivity contribution in [1.82, 2.24) is 20.0 Å². The molecule has 10 nitrogen and oxygen atoms in total. The Kier molecular flexibility index (Phi) is 7.53. The zero-order valence-corrected chi connectivity index (χ0v) is 20.5. The summed E-state index contributed by atoms with van der Waals surface area (Å²) in [6, 6.07) is 17.6. The van der Waals surface area contributed by atoms with Crippen LogP contribution in [0.5, 0.6) is 5.75 Å². The molecule has 0 atom stereocenters. The second kappa shape index (κ2) is 11.1. The van der Waals surface area contributed by atoms with Crippen LogP contribution in [0, 0.1) is 29.6 Å². The highest BCUT2D eigenvalue weighted by molar-refractivity contribution is 6.04. The lowest BCUT2D eigenvalue weighted by Gasteiger charge is -2.13. The number of aromatic nitrogens is 3. The Hall–Kier alpha value is -5.06. The molecule has 0 aliphatic carbocycles. The maximum atomic E-state index is 12.8. The van der Waals surface area contributed by atoms with Gasteiger partial charge in [0.15, 0.2) is 0 Å². The summed E-state index contributed by atoms with van der Waals surface area (Å²) in [6.07, 6.45) is 1.52. The zero-order valence-electron chi connectivity index (χ0n) is 20.5. The van der Waals surface area contributed by atoms with Crippen LogP contribution in [0.3, 0.4) is 0 Å². The molecule has 10 heteroatoms. The first-order valence-corrected chi connectivity index (χ1v) is 11.3. The Morgan fingerprint density at radius 2 is 1.89 bits per heavy atom. The molecule has 1 amide bonds. The number of rotatable bonds is 8. The number of anilines is 1. The van der Waals surface area contributed by atoms with Gasteiger partial charge >= 0.3 is 0 Å². The first-order chi connectivity index (χ1) is 17.9. The number of benzene rings is 2. The maximum absolute atomic E-state index is 12.8. The number of nitriles is 2. The van der Waals surface area contributed by atoms with Gasteiger partial charge in [0.25, 0.3) is 5.91 Å². The normalized spacial score (nSPS) is 10.5. The summed E-state index contributed by atoms with van der Waals surface area (Å²) in [5.41, 5.74) is 3.45.